The van der Waals surface area contributed by atoms with Crippen molar-refractivity contribution < 1.29 is 20.1 Å². The summed E-state index contributed by atoms with van der Waals surface area (Å²) in [7, 11) is 0. The molecule has 0 spiro atoms. The van der Waals surface area contributed by atoms with Crippen LogP contribution < -0.4 is 0 Å². The van der Waals surface area contributed by atoms with E-state index < -0.39 is 24.7 Å². The van der Waals surface area contributed by atoms with E-state index in [4.69, 9.17) is 4.74 Å². The van der Waals surface area contributed by atoms with Crippen LogP contribution in [0, 0.1) is 0 Å². The molecule has 3 aliphatic heterocycles. The fourth-order valence-electron chi connectivity index (χ4n) is 2.99. The fraction of sp³-hybridized carbons (Fsp3) is 0.615. The Hall–Kier alpha value is -1.81. The SMILES string of the molecule is OC[C@H]1O[C@@H](n2cnc3c2N=CN2C3=NCCC2O)C[C@@H]1O. The molecule has 0 bridgehead atoms. The van der Waals surface area contributed by atoms with E-state index in [1.807, 2.05) is 0 Å². The molecular weight excluding hydrogens is 290 g/mol. The summed E-state index contributed by atoms with van der Waals surface area (Å²) in [5, 5.41) is 29.0. The molecule has 0 saturated carbocycles. The Kier molecular flexibility index (Phi) is 3.22. The van der Waals surface area contributed by atoms with Gasteiger partial charge in [0.15, 0.2) is 17.3 Å². The number of hydrogen-bond acceptors (Lipinski definition) is 8. The Balaban J connectivity index is 1.68. The first-order valence-corrected chi connectivity index (χ1v) is 7.25. The van der Waals surface area contributed by atoms with E-state index in [1.54, 1.807) is 15.8 Å². The first kappa shape index (κ1) is 13.8. The molecule has 1 fully saturated rings. The monoisotopic (exact) mass is 307 g/mol. The maximum Gasteiger partial charge on any atom is 0.167 e. The van der Waals surface area contributed by atoms with E-state index in [2.05, 4.69) is 15.0 Å². The number of nitrogens with zero attached hydrogens (tertiary/aromatic N) is 5. The minimum atomic E-state index is -0.717. The summed E-state index contributed by atoms with van der Waals surface area (Å²) in [6.07, 6.45) is 1.67. The lowest BCUT2D eigenvalue weighted by Crippen LogP contribution is -2.44. The second kappa shape index (κ2) is 5.13. The number of amidine groups is 1. The van der Waals surface area contributed by atoms with Gasteiger partial charge in [0.1, 0.15) is 24.9 Å². The van der Waals surface area contributed by atoms with Gasteiger partial charge in [-0.25, -0.2) is 9.98 Å². The van der Waals surface area contributed by atoms with Gasteiger partial charge in [0.2, 0.25) is 0 Å². The molecule has 4 heterocycles. The Morgan fingerprint density at radius 2 is 2.23 bits per heavy atom. The van der Waals surface area contributed by atoms with E-state index in [-0.39, 0.29) is 6.61 Å². The molecule has 1 unspecified atom stereocenters. The van der Waals surface area contributed by atoms with Gasteiger partial charge in [-0.05, 0) is 0 Å². The van der Waals surface area contributed by atoms with E-state index in [0.29, 0.717) is 36.7 Å². The smallest absolute Gasteiger partial charge is 0.167 e. The van der Waals surface area contributed by atoms with Crippen LogP contribution in [-0.2, 0) is 4.74 Å². The zero-order chi connectivity index (χ0) is 15.3. The summed E-state index contributed by atoms with van der Waals surface area (Å²) >= 11 is 0. The molecule has 9 heteroatoms. The average Bonchev–Trinajstić information content (AvgIpc) is 3.10. The lowest BCUT2D eigenvalue weighted by atomic mass is 10.2. The largest absolute Gasteiger partial charge is 0.394 e. The van der Waals surface area contributed by atoms with Crippen LogP contribution in [0.4, 0.5) is 5.82 Å². The van der Waals surface area contributed by atoms with Crippen LogP contribution >= 0.6 is 0 Å². The second-order valence-electron chi connectivity index (χ2n) is 5.57. The Morgan fingerprint density at radius 3 is 3.00 bits per heavy atom. The molecule has 0 aliphatic carbocycles. The van der Waals surface area contributed by atoms with Crippen molar-refractivity contribution in [3.8, 4) is 0 Å². The molecule has 9 nitrogen and oxygen atoms in total. The lowest BCUT2D eigenvalue weighted by Gasteiger charge is -2.31. The molecule has 1 aromatic rings. The molecule has 22 heavy (non-hydrogen) atoms. The third-order valence-corrected chi connectivity index (χ3v) is 4.19. The number of aliphatic imine (C=N–C) groups is 2. The minimum Gasteiger partial charge on any atom is -0.394 e. The van der Waals surface area contributed by atoms with Gasteiger partial charge in [0, 0.05) is 19.4 Å². The van der Waals surface area contributed by atoms with Crippen molar-refractivity contribution in [2.45, 2.75) is 37.5 Å². The summed E-state index contributed by atoms with van der Waals surface area (Å²) < 4.78 is 7.36. The molecule has 3 N–H and O–H groups in total. The summed E-state index contributed by atoms with van der Waals surface area (Å²) in [6.45, 7) is 0.308. The minimum absolute atomic E-state index is 0.232. The van der Waals surface area contributed by atoms with Crippen LogP contribution in [0.5, 0.6) is 0 Å². The van der Waals surface area contributed by atoms with Crippen molar-refractivity contribution in [3.05, 3.63) is 12.0 Å². The molecular formula is C13H17N5O4. The standard InChI is InChI=1S/C13H17N5O4/c19-4-8-7(20)3-10(22-8)18-5-15-11-12-14-2-1-9(21)17(12)6-16-13(11)18/h5-10,19-21H,1-4H2/t7-,8+,9?,10+/m0/s1. The zero-order valence-corrected chi connectivity index (χ0v) is 11.8. The maximum atomic E-state index is 9.98. The highest BCUT2D eigenvalue weighted by Gasteiger charge is 2.38. The van der Waals surface area contributed by atoms with E-state index >= 15 is 0 Å². The molecule has 4 rings (SSSR count). The van der Waals surface area contributed by atoms with Crippen LogP contribution in [-0.4, -0.2) is 73.5 Å². The van der Waals surface area contributed by atoms with Crippen LogP contribution in [0.3, 0.4) is 0 Å². The van der Waals surface area contributed by atoms with Crippen molar-refractivity contribution in [1.29, 1.82) is 0 Å². The third-order valence-electron chi connectivity index (χ3n) is 4.19. The highest BCUT2D eigenvalue weighted by molar-refractivity contribution is 6.09. The summed E-state index contributed by atoms with van der Waals surface area (Å²) in [6, 6.07) is 0. The average molecular weight is 307 g/mol. The van der Waals surface area contributed by atoms with Crippen LogP contribution in [0.25, 0.3) is 0 Å². The number of ether oxygens (including phenoxy) is 1. The molecule has 1 saturated heterocycles. The molecule has 118 valence electrons. The summed E-state index contributed by atoms with van der Waals surface area (Å²) in [4.78, 5) is 14.7. The van der Waals surface area contributed by atoms with E-state index in [9.17, 15) is 15.3 Å². The summed E-state index contributed by atoms with van der Waals surface area (Å²) in [5.41, 5.74) is 0.590. The van der Waals surface area contributed by atoms with E-state index in [0.717, 1.165) is 0 Å². The fourth-order valence-corrected chi connectivity index (χ4v) is 2.99. The topological polar surface area (TPSA) is 116 Å². The predicted molar refractivity (Wildman–Crippen MR) is 75.9 cm³/mol. The number of rotatable bonds is 2. The third kappa shape index (κ3) is 1.97. The number of hydrogen-bond donors (Lipinski definition) is 3. The molecule has 0 radical (unpaired) electrons. The van der Waals surface area contributed by atoms with Crippen molar-refractivity contribution >= 4 is 18.0 Å². The van der Waals surface area contributed by atoms with Crippen molar-refractivity contribution in [2.24, 2.45) is 9.98 Å². The van der Waals surface area contributed by atoms with Gasteiger partial charge < -0.3 is 20.1 Å². The number of fused-ring (bicyclic) bond motifs is 3. The van der Waals surface area contributed by atoms with E-state index in [1.165, 1.54) is 6.34 Å². The normalized spacial score (nSPS) is 33.6. The number of imidazole rings is 1. The van der Waals surface area contributed by atoms with Crippen LogP contribution in [0.15, 0.2) is 16.3 Å². The first-order chi connectivity index (χ1) is 10.7. The van der Waals surface area contributed by atoms with Gasteiger partial charge in [0.25, 0.3) is 0 Å². The summed E-state index contributed by atoms with van der Waals surface area (Å²) in [5.74, 6) is 1.18. The number of aromatic nitrogens is 2. The highest BCUT2D eigenvalue weighted by Crippen LogP contribution is 2.35. The van der Waals surface area contributed by atoms with Gasteiger partial charge >= 0.3 is 0 Å². The lowest BCUT2D eigenvalue weighted by molar-refractivity contribution is -0.0438. The Morgan fingerprint density at radius 1 is 1.36 bits per heavy atom. The predicted octanol–water partition coefficient (Wildman–Crippen LogP) is -1.03. The zero-order valence-electron chi connectivity index (χ0n) is 11.8. The first-order valence-electron chi connectivity index (χ1n) is 7.25. The Labute approximate surface area is 126 Å². The maximum absolute atomic E-state index is 9.98. The molecule has 0 aromatic carbocycles. The van der Waals surface area contributed by atoms with Crippen molar-refractivity contribution in [2.75, 3.05) is 13.2 Å². The van der Waals surface area contributed by atoms with Crippen LogP contribution in [0.2, 0.25) is 0 Å². The van der Waals surface area contributed by atoms with Crippen molar-refractivity contribution in [3.63, 3.8) is 0 Å². The number of aliphatic hydroxyl groups is 3. The number of aliphatic hydroxyl groups excluding tert-OH is 3. The Bertz CT molecular complexity index is 642. The van der Waals surface area contributed by atoms with Gasteiger partial charge in [-0.1, -0.05) is 0 Å². The van der Waals surface area contributed by atoms with Gasteiger partial charge in [-0.3, -0.25) is 14.5 Å². The van der Waals surface area contributed by atoms with Gasteiger partial charge in [-0.15, -0.1) is 0 Å². The highest BCUT2D eigenvalue weighted by atomic mass is 16.5. The van der Waals surface area contributed by atoms with Gasteiger partial charge in [-0.2, -0.15) is 0 Å². The van der Waals surface area contributed by atoms with Gasteiger partial charge in [0.05, 0.1) is 19.0 Å². The molecule has 3 aliphatic rings. The molecule has 1 aromatic heterocycles. The quantitative estimate of drug-likeness (QED) is 0.643. The molecule has 4 atom stereocenters. The van der Waals surface area contributed by atoms with Crippen LogP contribution in [0.1, 0.15) is 24.8 Å². The second-order valence-corrected chi connectivity index (χ2v) is 5.57. The van der Waals surface area contributed by atoms with Crippen molar-refractivity contribution in [1.82, 2.24) is 14.5 Å². The molecule has 0 amide bonds.